The van der Waals surface area contributed by atoms with Crippen molar-refractivity contribution in [3.63, 3.8) is 0 Å². The van der Waals surface area contributed by atoms with Gasteiger partial charge in [-0.15, -0.1) is 0 Å². The van der Waals surface area contributed by atoms with Gasteiger partial charge in [0.05, 0.1) is 0 Å². The molecule has 1 aliphatic carbocycles. The van der Waals surface area contributed by atoms with E-state index in [1.54, 1.807) is 0 Å². The smallest absolute Gasteiger partial charge is 0.00696 e. The van der Waals surface area contributed by atoms with Gasteiger partial charge in [-0.3, -0.25) is 0 Å². The molecule has 0 radical (unpaired) electrons. The second-order valence-electron chi connectivity index (χ2n) is 4.72. The summed E-state index contributed by atoms with van der Waals surface area (Å²) in [6.07, 6.45) is 10.2. The molecule has 0 bridgehead atoms. The molecule has 1 N–H and O–H groups in total. The predicted octanol–water partition coefficient (Wildman–Crippen LogP) is 2.71. The zero-order valence-electron chi connectivity index (χ0n) is 8.18. The third kappa shape index (κ3) is 2.48. The van der Waals surface area contributed by atoms with Crippen LogP contribution in [0.15, 0.2) is 0 Å². The molecule has 2 rings (SSSR count). The van der Waals surface area contributed by atoms with Gasteiger partial charge in [-0.1, -0.05) is 19.3 Å². The molecule has 2 fully saturated rings. The first-order valence-electron chi connectivity index (χ1n) is 5.60. The predicted molar refractivity (Wildman–Crippen MR) is 52.2 cm³/mol. The van der Waals surface area contributed by atoms with E-state index < -0.39 is 0 Å². The summed E-state index contributed by atoms with van der Waals surface area (Å²) in [4.78, 5) is 0. The Kier molecular flexibility index (Phi) is 2.69. The Bertz CT molecular complexity index is 140. The standard InChI is InChI=1S/C11H21N/c1-9-3-2-4-11(12-9)8-7-10-5-6-10/h9-12H,2-8H2,1H3. The molecule has 0 amide bonds. The molecular formula is C11H21N. The molecule has 1 saturated carbocycles. The Hall–Kier alpha value is -0.0400. The molecule has 12 heavy (non-hydrogen) atoms. The molecule has 1 aliphatic heterocycles. The number of nitrogens with one attached hydrogen (secondary N) is 1. The summed E-state index contributed by atoms with van der Waals surface area (Å²) in [7, 11) is 0. The lowest BCUT2D eigenvalue weighted by atomic mass is 9.95. The van der Waals surface area contributed by atoms with Crippen LogP contribution in [0.2, 0.25) is 0 Å². The van der Waals surface area contributed by atoms with Gasteiger partial charge >= 0.3 is 0 Å². The van der Waals surface area contributed by atoms with Crippen LogP contribution in [0.5, 0.6) is 0 Å². The highest BCUT2D eigenvalue weighted by Gasteiger charge is 2.24. The van der Waals surface area contributed by atoms with Crippen LogP contribution in [-0.4, -0.2) is 12.1 Å². The second-order valence-corrected chi connectivity index (χ2v) is 4.72. The van der Waals surface area contributed by atoms with Crippen LogP contribution in [0.25, 0.3) is 0 Å². The SMILES string of the molecule is CC1CCCC(CCC2CC2)N1. The van der Waals surface area contributed by atoms with Gasteiger partial charge in [-0.25, -0.2) is 0 Å². The molecule has 1 heteroatoms. The average Bonchev–Trinajstić information content (AvgIpc) is 2.84. The van der Waals surface area contributed by atoms with Crippen LogP contribution in [0.4, 0.5) is 0 Å². The number of hydrogen-bond donors (Lipinski definition) is 1. The van der Waals surface area contributed by atoms with Crippen LogP contribution in [0, 0.1) is 5.92 Å². The van der Waals surface area contributed by atoms with Crippen LogP contribution >= 0.6 is 0 Å². The van der Waals surface area contributed by atoms with E-state index in [0.29, 0.717) is 0 Å². The maximum atomic E-state index is 3.70. The average molecular weight is 167 g/mol. The van der Waals surface area contributed by atoms with Crippen LogP contribution in [0.3, 0.4) is 0 Å². The molecule has 70 valence electrons. The first kappa shape index (κ1) is 8.55. The molecule has 1 heterocycles. The minimum Gasteiger partial charge on any atom is -0.312 e. The monoisotopic (exact) mass is 167 g/mol. The van der Waals surface area contributed by atoms with E-state index in [4.69, 9.17) is 0 Å². The summed E-state index contributed by atoms with van der Waals surface area (Å²) >= 11 is 0. The highest BCUT2D eigenvalue weighted by atomic mass is 15.0. The molecule has 1 saturated heterocycles. The lowest BCUT2D eigenvalue weighted by molar-refractivity contribution is 0.314. The highest BCUT2D eigenvalue weighted by Crippen LogP contribution is 2.34. The van der Waals surface area contributed by atoms with Gasteiger partial charge < -0.3 is 5.32 Å². The number of rotatable bonds is 3. The van der Waals surface area contributed by atoms with Crippen molar-refractivity contribution in [1.82, 2.24) is 5.32 Å². The van der Waals surface area contributed by atoms with Crippen molar-refractivity contribution in [2.45, 2.75) is 64.0 Å². The van der Waals surface area contributed by atoms with Crippen molar-refractivity contribution < 1.29 is 0 Å². The van der Waals surface area contributed by atoms with Gasteiger partial charge in [-0.05, 0) is 38.5 Å². The summed E-state index contributed by atoms with van der Waals surface area (Å²) in [6.45, 7) is 2.32. The van der Waals surface area contributed by atoms with E-state index in [0.717, 1.165) is 18.0 Å². The Morgan fingerprint density at radius 2 is 1.92 bits per heavy atom. The number of piperidine rings is 1. The first-order valence-corrected chi connectivity index (χ1v) is 5.60. The maximum absolute atomic E-state index is 3.70. The van der Waals surface area contributed by atoms with E-state index >= 15 is 0 Å². The van der Waals surface area contributed by atoms with Crippen LogP contribution in [-0.2, 0) is 0 Å². The summed E-state index contributed by atoms with van der Waals surface area (Å²) in [5, 5.41) is 3.70. The third-order valence-corrected chi connectivity index (χ3v) is 3.33. The van der Waals surface area contributed by atoms with E-state index in [2.05, 4.69) is 12.2 Å². The van der Waals surface area contributed by atoms with Crippen molar-refractivity contribution in [2.75, 3.05) is 0 Å². The molecule has 0 aromatic carbocycles. The quantitative estimate of drug-likeness (QED) is 0.681. The molecule has 2 unspecified atom stereocenters. The Morgan fingerprint density at radius 3 is 2.58 bits per heavy atom. The number of hydrogen-bond acceptors (Lipinski definition) is 1. The van der Waals surface area contributed by atoms with Crippen molar-refractivity contribution in [3.8, 4) is 0 Å². The second kappa shape index (κ2) is 3.78. The van der Waals surface area contributed by atoms with Crippen molar-refractivity contribution in [3.05, 3.63) is 0 Å². The molecule has 0 spiro atoms. The summed E-state index contributed by atoms with van der Waals surface area (Å²) < 4.78 is 0. The fourth-order valence-electron chi connectivity index (χ4n) is 2.31. The maximum Gasteiger partial charge on any atom is 0.00696 e. The zero-order chi connectivity index (χ0) is 8.39. The molecule has 0 aromatic heterocycles. The Morgan fingerprint density at radius 1 is 1.08 bits per heavy atom. The third-order valence-electron chi connectivity index (χ3n) is 3.33. The molecule has 1 nitrogen and oxygen atoms in total. The van der Waals surface area contributed by atoms with Crippen molar-refractivity contribution in [1.29, 1.82) is 0 Å². The normalized spacial score (nSPS) is 36.8. The zero-order valence-corrected chi connectivity index (χ0v) is 8.18. The Balaban J connectivity index is 1.64. The topological polar surface area (TPSA) is 12.0 Å². The van der Waals surface area contributed by atoms with Crippen molar-refractivity contribution in [2.24, 2.45) is 5.92 Å². The van der Waals surface area contributed by atoms with Gasteiger partial charge in [0.2, 0.25) is 0 Å². The fourth-order valence-corrected chi connectivity index (χ4v) is 2.31. The van der Waals surface area contributed by atoms with Gasteiger partial charge in [0, 0.05) is 12.1 Å². The van der Waals surface area contributed by atoms with E-state index in [9.17, 15) is 0 Å². The fraction of sp³-hybridized carbons (Fsp3) is 1.00. The molecule has 2 aliphatic rings. The van der Waals surface area contributed by atoms with E-state index in [-0.39, 0.29) is 0 Å². The summed E-state index contributed by atoms with van der Waals surface area (Å²) in [5.41, 5.74) is 0. The van der Waals surface area contributed by atoms with Gasteiger partial charge in [-0.2, -0.15) is 0 Å². The van der Waals surface area contributed by atoms with Gasteiger partial charge in [0.25, 0.3) is 0 Å². The molecule has 0 aromatic rings. The first-order chi connectivity index (χ1) is 5.84. The minimum atomic E-state index is 0.781. The van der Waals surface area contributed by atoms with E-state index in [1.807, 2.05) is 0 Å². The van der Waals surface area contributed by atoms with Crippen LogP contribution < -0.4 is 5.32 Å². The van der Waals surface area contributed by atoms with Gasteiger partial charge in [0.1, 0.15) is 0 Å². The molecule has 2 atom stereocenters. The Labute approximate surface area is 75.9 Å². The lowest BCUT2D eigenvalue weighted by Crippen LogP contribution is -2.40. The minimum absolute atomic E-state index is 0.781. The lowest BCUT2D eigenvalue weighted by Gasteiger charge is -2.28. The van der Waals surface area contributed by atoms with E-state index in [1.165, 1.54) is 44.9 Å². The largest absolute Gasteiger partial charge is 0.312 e. The molecular weight excluding hydrogens is 146 g/mol. The van der Waals surface area contributed by atoms with Gasteiger partial charge in [0.15, 0.2) is 0 Å². The summed E-state index contributed by atoms with van der Waals surface area (Å²) in [5.74, 6) is 1.11. The van der Waals surface area contributed by atoms with Crippen molar-refractivity contribution >= 4 is 0 Å². The summed E-state index contributed by atoms with van der Waals surface area (Å²) in [6, 6.07) is 1.64. The van der Waals surface area contributed by atoms with Crippen LogP contribution in [0.1, 0.15) is 51.9 Å². The highest BCUT2D eigenvalue weighted by molar-refractivity contribution is 4.81.